The number of hydrogen-bond acceptors (Lipinski definition) is 5. The van der Waals surface area contributed by atoms with Gasteiger partial charge in [0, 0.05) is 0 Å². The molecule has 27 heavy (non-hydrogen) atoms. The molecule has 0 bridgehead atoms. The molecule has 1 aliphatic heterocycles. The molecule has 1 fully saturated rings. The molecule has 0 aromatic carbocycles. The van der Waals surface area contributed by atoms with Gasteiger partial charge in [0.25, 0.3) is 0 Å². The van der Waals surface area contributed by atoms with Gasteiger partial charge in [-0.25, -0.2) is 0 Å². The number of hydrogen-bond donors (Lipinski definition) is 0. The van der Waals surface area contributed by atoms with Gasteiger partial charge in [-0.05, 0) is 90.7 Å². The Balaban J connectivity index is 0.000000636. The molecular weight excluding hydrogens is 441 g/mol. The summed E-state index contributed by atoms with van der Waals surface area (Å²) < 4.78 is 31.4. The standard InChI is InChI=1S/C10H28O4Si4.C6H18OSi2/c1-9-17(7)12-15(3,4)11-16(5,6)13-18(8,10-2)14-17;1-8(2,3)7-9(4,5)6/h9-10H2,1-8H3;1-6H3. The fourth-order valence-corrected chi connectivity index (χ4v) is 31.9. The Labute approximate surface area is 175 Å². The second-order valence-electron chi connectivity index (χ2n) is 10.5. The maximum Gasteiger partial charge on any atom is 0.317 e. The summed E-state index contributed by atoms with van der Waals surface area (Å²) in [5.41, 5.74) is 0. The maximum absolute atomic E-state index is 6.46. The zero-order chi connectivity index (χ0) is 21.9. The molecule has 5 nitrogen and oxygen atoms in total. The zero-order valence-corrected chi connectivity index (χ0v) is 26.5. The molecule has 0 spiro atoms. The van der Waals surface area contributed by atoms with Crippen molar-refractivity contribution >= 4 is 50.9 Å². The fourth-order valence-electron chi connectivity index (χ4n) is 3.38. The van der Waals surface area contributed by atoms with E-state index in [1.807, 2.05) is 0 Å². The highest BCUT2D eigenvalue weighted by molar-refractivity contribution is 6.93. The predicted octanol–water partition coefficient (Wildman–Crippen LogP) is 6.33. The van der Waals surface area contributed by atoms with Crippen molar-refractivity contribution in [3.8, 4) is 0 Å². The molecule has 2 unspecified atom stereocenters. The molecule has 0 saturated carbocycles. The third-order valence-electron chi connectivity index (χ3n) is 3.74. The van der Waals surface area contributed by atoms with E-state index in [9.17, 15) is 0 Å². The molecule has 0 aliphatic carbocycles. The summed E-state index contributed by atoms with van der Waals surface area (Å²) in [5.74, 6) is 0. The maximum atomic E-state index is 6.46. The molecular formula is C16H46O5Si6. The summed E-state index contributed by atoms with van der Waals surface area (Å²) in [5, 5.41) is 0. The molecule has 0 radical (unpaired) electrons. The van der Waals surface area contributed by atoms with Crippen molar-refractivity contribution in [3.63, 3.8) is 0 Å². The Bertz CT molecular complexity index is 437. The van der Waals surface area contributed by atoms with Crippen LogP contribution in [0.3, 0.4) is 0 Å². The van der Waals surface area contributed by atoms with E-state index in [1.54, 1.807) is 0 Å². The second-order valence-corrected chi connectivity index (χ2v) is 34.6. The Morgan fingerprint density at radius 3 is 1.04 bits per heavy atom. The van der Waals surface area contributed by atoms with E-state index in [-0.39, 0.29) is 0 Å². The summed E-state index contributed by atoms with van der Waals surface area (Å²) in [6.07, 6.45) is 0. The van der Waals surface area contributed by atoms with Gasteiger partial charge in [-0.15, -0.1) is 0 Å². The molecule has 1 aliphatic rings. The Kier molecular flexibility index (Phi) is 9.88. The van der Waals surface area contributed by atoms with Crippen molar-refractivity contribution in [3.05, 3.63) is 0 Å². The van der Waals surface area contributed by atoms with Gasteiger partial charge in [-0.3, -0.25) is 0 Å². The monoisotopic (exact) mass is 486 g/mol. The van der Waals surface area contributed by atoms with Gasteiger partial charge < -0.3 is 20.6 Å². The Morgan fingerprint density at radius 1 is 0.556 bits per heavy atom. The normalized spacial score (nSPS) is 31.3. The van der Waals surface area contributed by atoms with E-state index in [1.165, 1.54) is 0 Å². The van der Waals surface area contributed by atoms with E-state index < -0.39 is 50.9 Å². The molecule has 0 N–H and O–H groups in total. The second kappa shape index (κ2) is 9.49. The minimum absolute atomic E-state index is 0.945. The van der Waals surface area contributed by atoms with E-state index in [2.05, 4.69) is 92.4 Å². The smallest absolute Gasteiger partial charge is 0.317 e. The van der Waals surface area contributed by atoms with Crippen molar-refractivity contribution in [1.29, 1.82) is 0 Å². The lowest BCUT2D eigenvalue weighted by Gasteiger charge is -2.48. The van der Waals surface area contributed by atoms with Gasteiger partial charge in [-0.1, -0.05) is 13.8 Å². The molecule has 1 saturated heterocycles. The van der Waals surface area contributed by atoms with Crippen molar-refractivity contribution in [2.45, 2.75) is 104 Å². The summed E-state index contributed by atoms with van der Waals surface area (Å²) >= 11 is 0. The van der Waals surface area contributed by atoms with Crippen LogP contribution in [-0.4, -0.2) is 50.9 Å². The quantitative estimate of drug-likeness (QED) is 0.435. The van der Waals surface area contributed by atoms with E-state index in [4.69, 9.17) is 20.6 Å². The van der Waals surface area contributed by atoms with Crippen LogP contribution in [0.2, 0.25) is 90.7 Å². The largest absolute Gasteiger partial charge is 0.456 e. The lowest BCUT2D eigenvalue weighted by molar-refractivity contribution is 0.231. The summed E-state index contributed by atoms with van der Waals surface area (Å²) in [7, 11) is -11.1. The van der Waals surface area contributed by atoms with Crippen molar-refractivity contribution < 1.29 is 20.6 Å². The fraction of sp³-hybridized carbons (Fsp3) is 1.00. The molecule has 164 valence electrons. The van der Waals surface area contributed by atoms with Crippen LogP contribution in [0.25, 0.3) is 0 Å². The number of rotatable bonds is 4. The van der Waals surface area contributed by atoms with Crippen molar-refractivity contribution in [1.82, 2.24) is 0 Å². The first-order chi connectivity index (χ1) is 11.7. The first-order valence-corrected chi connectivity index (χ1v) is 27.7. The van der Waals surface area contributed by atoms with Gasteiger partial charge in [0.05, 0.1) is 0 Å². The topological polar surface area (TPSA) is 46.2 Å². The molecule has 0 aromatic heterocycles. The third kappa shape index (κ3) is 12.4. The molecule has 2 atom stereocenters. The van der Waals surface area contributed by atoms with Gasteiger partial charge in [0.15, 0.2) is 16.6 Å². The van der Waals surface area contributed by atoms with Crippen LogP contribution >= 0.6 is 0 Å². The van der Waals surface area contributed by atoms with Crippen molar-refractivity contribution in [2.24, 2.45) is 0 Å². The van der Waals surface area contributed by atoms with Crippen LogP contribution < -0.4 is 0 Å². The molecule has 1 rings (SSSR count). The average molecular weight is 487 g/mol. The highest BCUT2D eigenvalue weighted by Crippen LogP contribution is 2.33. The van der Waals surface area contributed by atoms with Gasteiger partial charge >= 0.3 is 34.2 Å². The molecule has 11 heteroatoms. The highest BCUT2D eigenvalue weighted by atomic mass is 28.5. The highest BCUT2D eigenvalue weighted by Gasteiger charge is 2.52. The van der Waals surface area contributed by atoms with Crippen LogP contribution in [0.15, 0.2) is 0 Å². The SMILES string of the molecule is CC[Si]1(C)O[Si](C)(C)O[Si](C)(C)O[Si](C)(CC)O1.C[Si](C)(C)O[Si](C)(C)C. The summed E-state index contributed by atoms with van der Waals surface area (Å²) in [4.78, 5) is 0. The lowest BCUT2D eigenvalue weighted by Crippen LogP contribution is -2.65. The first-order valence-electron chi connectivity index (χ1n) is 10.2. The Hall–Kier alpha value is 1.10. The summed E-state index contributed by atoms with van der Waals surface area (Å²) in [6.45, 7) is 30.4. The summed E-state index contributed by atoms with van der Waals surface area (Å²) in [6, 6.07) is 1.89. The van der Waals surface area contributed by atoms with Gasteiger partial charge in [0.2, 0.25) is 0 Å². The van der Waals surface area contributed by atoms with Gasteiger partial charge in [0.1, 0.15) is 0 Å². The van der Waals surface area contributed by atoms with Crippen LogP contribution in [0.4, 0.5) is 0 Å². The minimum Gasteiger partial charge on any atom is -0.456 e. The Morgan fingerprint density at radius 2 is 0.852 bits per heavy atom. The first kappa shape index (κ1) is 28.1. The average Bonchev–Trinajstić information content (AvgIpc) is 2.30. The molecule has 1 heterocycles. The van der Waals surface area contributed by atoms with Gasteiger partial charge in [-0.2, -0.15) is 0 Å². The molecule has 0 amide bonds. The van der Waals surface area contributed by atoms with Crippen LogP contribution in [-0.2, 0) is 20.6 Å². The van der Waals surface area contributed by atoms with Crippen molar-refractivity contribution in [2.75, 3.05) is 0 Å². The lowest BCUT2D eigenvalue weighted by atomic mass is 11.0. The molecule has 0 aromatic rings. The van der Waals surface area contributed by atoms with Crippen LogP contribution in [0.5, 0.6) is 0 Å². The minimum atomic E-state index is -2.15. The predicted molar refractivity (Wildman–Crippen MR) is 131 cm³/mol. The van der Waals surface area contributed by atoms with E-state index >= 15 is 0 Å². The van der Waals surface area contributed by atoms with E-state index in [0.29, 0.717) is 0 Å². The van der Waals surface area contributed by atoms with Crippen LogP contribution in [0.1, 0.15) is 13.8 Å². The van der Waals surface area contributed by atoms with E-state index in [0.717, 1.165) is 12.1 Å². The van der Waals surface area contributed by atoms with Crippen LogP contribution in [0, 0.1) is 0 Å². The zero-order valence-electron chi connectivity index (χ0n) is 20.5. The third-order valence-corrected chi connectivity index (χ3v) is 26.0.